The number of fused-ring (bicyclic) bond motifs is 1. The first-order valence-electron chi connectivity index (χ1n) is 6.43. The number of ether oxygens (including phenoxy) is 1. The van der Waals surface area contributed by atoms with Gasteiger partial charge in [0.1, 0.15) is 18.1 Å². The van der Waals surface area contributed by atoms with Crippen molar-refractivity contribution in [3.05, 3.63) is 59.7 Å². The zero-order chi connectivity index (χ0) is 14.8. The molecule has 1 aromatic carbocycles. The highest BCUT2D eigenvalue weighted by Crippen LogP contribution is 2.21. The Hall–Kier alpha value is -2.82. The van der Waals surface area contributed by atoms with Gasteiger partial charge in [0.25, 0.3) is 0 Å². The fourth-order valence-electron chi connectivity index (χ4n) is 2.06. The van der Waals surface area contributed by atoms with Crippen LogP contribution < -0.4 is 4.74 Å². The van der Waals surface area contributed by atoms with E-state index >= 15 is 0 Å². The van der Waals surface area contributed by atoms with Crippen LogP contribution in [0.3, 0.4) is 0 Å². The maximum absolute atomic E-state index is 10.8. The van der Waals surface area contributed by atoms with Crippen molar-refractivity contribution in [1.82, 2.24) is 4.98 Å². The van der Waals surface area contributed by atoms with E-state index in [1.165, 1.54) is 6.07 Å². The number of carbonyl (C=O) groups is 1. The van der Waals surface area contributed by atoms with Gasteiger partial charge in [-0.3, -0.25) is 4.98 Å². The van der Waals surface area contributed by atoms with Crippen molar-refractivity contribution in [2.75, 3.05) is 0 Å². The van der Waals surface area contributed by atoms with Crippen LogP contribution >= 0.6 is 0 Å². The largest absolute Gasteiger partial charge is 0.487 e. The highest BCUT2D eigenvalue weighted by atomic mass is 16.5. The lowest BCUT2D eigenvalue weighted by atomic mass is 10.2. The van der Waals surface area contributed by atoms with Crippen LogP contribution in [-0.2, 0) is 6.61 Å². The minimum Gasteiger partial charge on any atom is -0.487 e. The molecule has 0 radical (unpaired) electrons. The molecule has 0 aliphatic carbocycles. The van der Waals surface area contributed by atoms with E-state index in [1.807, 2.05) is 30.3 Å². The van der Waals surface area contributed by atoms with Gasteiger partial charge in [0.2, 0.25) is 5.76 Å². The molecule has 3 aromatic rings. The fourth-order valence-corrected chi connectivity index (χ4v) is 2.06. The third kappa shape index (κ3) is 2.72. The molecular formula is C16H13NO4. The Morgan fingerprint density at radius 3 is 2.90 bits per heavy atom. The summed E-state index contributed by atoms with van der Waals surface area (Å²) in [5.41, 5.74) is 1.61. The Bertz CT molecular complexity index is 807. The quantitative estimate of drug-likeness (QED) is 0.794. The maximum Gasteiger partial charge on any atom is 0.371 e. The Morgan fingerprint density at radius 1 is 1.33 bits per heavy atom. The predicted octanol–water partition coefficient (Wildman–Crippen LogP) is 3.41. The van der Waals surface area contributed by atoms with E-state index in [9.17, 15) is 4.79 Å². The van der Waals surface area contributed by atoms with Gasteiger partial charge in [-0.05, 0) is 25.1 Å². The number of aryl methyl sites for hydroxylation is 1. The number of carboxylic acids is 1. The Labute approximate surface area is 120 Å². The standard InChI is InChI=1S/C16H13NO4/c1-10-12(7-15(21-10)16(18)19)9-20-13-6-11-4-2-3-5-14(11)17-8-13/h2-8H,9H2,1H3,(H,18,19). The van der Waals surface area contributed by atoms with E-state index in [4.69, 9.17) is 14.3 Å². The lowest BCUT2D eigenvalue weighted by molar-refractivity contribution is 0.0661. The lowest BCUT2D eigenvalue weighted by Crippen LogP contribution is -1.96. The first-order valence-corrected chi connectivity index (χ1v) is 6.43. The second kappa shape index (κ2) is 5.28. The zero-order valence-corrected chi connectivity index (χ0v) is 11.4. The Kier molecular flexibility index (Phi) is 3.31. The van der Waals surface area contributed by atoms with Crippen LogP contribution in [0.4, 0.5) is 0 Å². The second-order valence-electron chi connectivity index (χ2n) is 4.65. The molecule has 0 aliphatic rings. The average molecular weight is 283 g/mol. The van der Waals surface area contributed by atoms with E-state index in [-0.39, 0.29) is 12.4 Å². The van der Waals surface area contributed by atoms with Gasteiger partial charge in [-0.1, -0.05) is 18.2 Å². The molecular weight excluding hydrogens is 270 g/mol. The summed E-state index contributed by atoms with van der Waals surface area (Å²) in [6.45, 7) is 1.95. The van der Waals surface area contributed by atoms with Gasteiger partial charge in [0.15, 0.2) is 0 Å². The van der Waals surface area contributed by atoms with Gasteiger partial charge in [-0.25, -0.2) is 4.79 Å². The molecule has 0 bridgehead atoms. The number of benzene rings is 1. The van der Waals surface area contributed by atoms with Crippen molar-refractivity contribution >= 4 is 16.9 Å². The number of rotatable bonds is 4. The zero-order valence-electron chi connectivity index (χ0n) is 11.4. The van der Waals surface area contributed by atoms with E-state index in [0.29, 0.717) is 17.1 Å². The van der Waals surface area contributed by atoms with Crippen molar-refractivity contribution < 1.29 is 19.1 Å². The third-order valence-corrected chi connectivity index (χ3v) is 3.19. The van der Waals surface area contributed by atoms with Gasteiger partial charge in [0, 0.05) is 10.9 Å². The minimum absolute atomic E-state index is 0.0808. The van der Waals surface area contributed by atoms with Gasteiger partial charge in [-0.15, -0.1) is 0 Å². The van der Waals surface area contributed by atoms with Crippen LogP contribution in [-0.4, -0.2) is 16.1 Å². The molecule has 21 heavy (non-hydrogen) atoms. The van der Waals surface area contributed by atoms with Crippen LogP contribution in [0, 0.1) is 6.92 Å². The first kappa shape index (κ1) is 13.2. The molecule has 5 heteroatoms. The molecule has 0 spiro atoms. The number of pyridine rings is 1. The van der Waals surface area contributed by atoms with E-state index < -0.39 is 5.97 Å². The van der Waals surface area contributed by atoms with Gasteiger partial charge < -0.3 is 14.3 Å². The molecule has 0 saturated carbocycles. The first-order chi connectivity index (χ1) is 10.1. The second-order valence-corrected chi connectivity index (χ2v) is 4.65. The normalized spacial score (nSPS) is 10.7. The molecule has 3 rings (SSSR count). The monoisotopic (exact) mass is 283 g/mol. The number of nitrogens with zero attached hydrogens (tertiary/aromatic N) is 1. The molecule has 0 fully saturated rings. The van der Waals surface area contributed by atoms with E-state index in [0.717, 1.165) is 10.9 Å². The molecule has 0 unspecified atom stereocenters. The lowest BCUT2D eigenvalue weighted by Gasteiger charge is -2.06. The molecule has 0 amide bonds. The van der Waals surface area contributed by atoms with Crippen molar-refractivity contribution in [2.45, 2.75) is 13.5 Å². The van der Waals surface area contributed by atoms with Gasteiger partial charge in [0.05, 0.1) is 11.7 Å². The van der Waals surface area contributed by atoms with Crippen molar-refractivity contribution in [3.63, 3.8) is 0 Å². The van der Waals surface area contributed by atoms with Gasteiger partial charge in [-0.2, -0.15) is 0 Å². The molecule has 2 aromatic heterocycles. The molecule has 5 nitrogen and oxygen atoms in total. The third-order valence-electron chi connectivity index (χ3n) is 3.19. The number of hydrogen-bond acceptors (Lipinski definition) is 4. The minimum atomic E-state index is -1.09. The average Bonchev–Trinajstić information content (AvgIpc) is 2.86. The SMILES string of the molecule is Cc1oc(C(=O)O)cc1COc1cnc2ccccc2c1. The number of para-hydroxylation sites is 1. The summed E-state index contributed by atoms with van der Waals surface area (Å²) in [5, 5.41) is 9.87. The highest BCUT2D eigenvalue weighted by Gasteiger charge is 2.13. The number of furan rings is 1. The van der Waals surface area contributed by atoms with Crippen molar-refractivity contribution in [2.24, 2.45) is 0 Å². The number of aromatic carboxylic acids is 1. The van der Waals surface area contributed by atoms with E-state index in [2.05, 4.69) is 4.98 Å². The van der Waals surface area contributed by atoms with Crippen LogP contribution in [0.25, 0.3) is 10.9 Å². The molecule has 0 aliphatic heterocycles. The smallest absolute Gasteiger partial charge is 0.371 e. The highest BCUT2D eigenvalue weighted by molar-refractivity contribution is 5.84. The van der Waals surface area contributed by atoms with E-state index in [1.54, 1.807) is 13.1 Å². The molecule has 106 valence electrons. The molecule has 1 N–H and O–H groups in total. The summed E-state index contributed by atoms with van der Waals surface area (Å²) in [4.78, 5) is 15.1. The number of aromatic nitrogens is 1. The molecule has 0 atom stereocenters. The van der Waals surface area contributed by atoms with Crippen LogP contribution in [0.15, 0.2) is 47.0 Å². The number of hydrogen-bond donors (Lipinski definition) is 1. The van der Waals surface area contributed by atoms with Crippen LogP contribution in [0.1, 0.15) is 21.9 Å². The Morgan fingerprint density at radius 2 is 2.14 bits per heavy atom. The van der Waals surface area contributed by atoms with Crippen molar-refractivity contribution in [3.8, 4) is 5.75 Å². The summed E-state index contributed by atoms with van der Waals surface area (Å²) in [5.74, 6) is 0.00628. The van der Waals surface area contributed by atoms with Crippen molar-refractivity contribution in [1.29, 1.82) is 0 Å². The summed E-state index contributed by atoms with van der Waals surface area (Å²) in [6, 6.07) is 11.1. The summed E-state index contributed by atoms with van der Waals surface area (Å²) >= 11 is 0. The summed E-state index contributed by atoms with van der Waals surface area (Å²) < 4.78 is 10.8. The van der Waals surface area contributed by atoms with Crippen LogP contribution in [0.2, 0.25) is 0 Å². The summed E-state index contributed by atoms with van der Waals surface area (Å²) in [6.07, 6.45) is 1.65. The van der Waals surface area contributed by atoms with Crippen LogP contribution in [0.5, 0.6) is 5.75 Å². The fraction of sp³-hybridized carbons (Fsp3) is 0.125. The summed E-state index contributed by atoms with van der Waals surface area (Å²) in [7, 11) is 0. The molecule has 0 saturated heterocycles. The number of carboxylic acid groups (broad SMARTS) is 1. The Balaban J connectivity index is 1.78. The topological polar surface area (TPSA) is 72.6 Å². The van der Waals surface area contributed by atoms with Gasteiger partial charge >= 0.3 is 5.97 Å². The predicted molar refractivity (Wildman–Crippen MR) is 76.5 cm³/mol. The maximum atomic E-state index is 10.8. The molecule has 2 heterocycles.